The molecule has 2 N–H and O–H groups in total. The predicted molar refractivity (Wildman–Crippen MR) is 113 cm³/mol. The number of aromatic nitrogens is 1. The summed E-state index contributed by atoms with van der Waals surface area (Å²) in [4.78, 5) is 21.4. The highest BCUT2D eigenvalue weighted by Gasteiger charge is 2.54. The minimum Gasteiger partial charge on any atom is -0.386 e. The number of halogens is 1. The Morgan fingerprint density at radius 3 is 2.80 bits per heavy atom. The average Bonchev–Trinajstić information content (AvgIpc) is 2.67. The van der Waals surface area contributed by atoms with Crippen LogP contribution in [0.2, 0.25) is 0 Å². The zero-order chi connectivity index (χ0) is 21.7. The maximum Gasteiger partial charge on any atom is 0.185 e. The van der Waals surface area contributed by atoms with Crippen molar-refractivity contribution in [3.05, 3.63) is 64.7 Å². The van der Waals surface area contributed by atoms with E-state index >= 15 is 0 Å². The fourth-order valence-corrected chi connectivity index (χ4v) is 7.29. The average molecular weight is 430 g/mol. The summed E-state index contributed by atoms with van der Waals surface area (Å²) >= 11 is 0. The SMILES string of the molecule is Cc1cccnc1C(=O)Cc1ccc(F)c([C@@]2(C)N=C(N)[C@@H]3CCC[C@H]2S3(=O)=O)c1. The molecule has 3 atom stereocenters. The Bertz CT molecular complexity index is 1160. The number of Topliss-reactive ketones (excluding diaryl/α,β-unsaturated/α-hetero) is 1. The summed E-state index contributed by atoms with van der Waals surface area (Å²) in [5.41, 5.74) is 6.56. The van der Waals surface area contributed by atoms with Gasteiger partial charge in [0.1, 0.15) is 28.1 Å². The molecule has 3 heterocycles. The molecule has 8 heteroatoms. The summed E-state index contributed by atoms with van der Waals surface area (Å²) < 4.78 is 41.0. The van der Waals surface area contributed by atoms with Gasteiger partial charge >= 0.3 is 0 Å². The Balaban J connectivity index is 1.75. The molecule has 0 unspecified atom stereocenters. The van der Waals surface area contributed by atoms with Crippen molar-refractivity contribution in [3.8, 4) is 0 Å². The van der Waals surface area contributed by atoms with Gasteiger partial charge in [-0.25, -0.2) is 12.8 Å². The first kappa shape index (κ1) is 20.7. The molecule has 0 spiro atoms. The zero-order valence-electron chi connectivity index (χ0n) is 16.9. The molecule has 0 aliphatic carbocycles. The van der Waals surface area contributed by atoms with Crippen molar-refractivity contribution in [1.29, 1.82) is 0 Å². The molecule has 158 valence electrons. The molecule has 2 aliphatic rings. The number of benzene rings is 1. The van der Waals surface area contributed by atoms with Gasteiger partial charge < -0.3 is 5.73 Å². The zero-order valence-corrected chi connectivity index (χ0v) is 17.7. The number of carbonyl (C=O) groups excluding carboxylic acids is 1. The van der Waals surface area contributed by atoms with Gasteiger partial charge in [0.05, 0.1) is 5.25 Å². The van der Waals surface area contributed by atoms with Gasteiger partial charge in [0.2, 0.25) is 0 Å². The molecule has 1 saturated heterocycles. The molecule has 0 amide bonds. The number of hydrogen-bond acceptors (Lipinski definition) is 6. The van der Waals surface area contributed by atoms with E-state index in [0.717, 1.165) is 5.56 Å². The van der Waals surface area contributed by atoms with Crippen LogP contribution in [-0.2, 0) is 21.8 Å². The molecule has 0 saturated carbocycles. The molecule has 2 aliphatic heterocycles. The topological polar surface area (TPSA) is 102 Å². The van der Waals surface area contributed by atoms with Crippen molar-refractivity contribution < 1.29 is 17.6 Å². The van der Waals surface area contributed by atoms with Crippen LogP contribution in [0, 0.1) is 12.7 Å². The molecule has 1 aromatic carbocycles. The van der Waals surface area contributed by atoms with Gasteiger partial charge in [-0.3, -0.25) is 14.8 Å². The van der Waals surface area contributed by atoms with E-state index in [-0.39, 0.29) is 23.6 Å². The van der Waals surface area contributed by atoms with Crippen LogP contribution in [0.5, 0.6) is 0 Å². The van der Waals surface area contributed by atoms with E-state index in [1.54, 1.807) is 38.2 Å². The van der Waals surface area contributed by atoms with Crippen molar-refractivity contribution in [2.75, 3.05) is 0 Å². The summed E-state index contributed by atoms with van der Waals surface area (Å²) in [6.07, 6.45) is 3.13. The van der Waals surface area contributed by atoms with E-state index < -0.39 is 31.7 Å². The lowest BCUT2D eigenvalue weighted by molar-refractivity contribution is 0.0987. The smallest absolute Gasteiger partial charge is 0.185 e. The maximum absolute atomic E-state index is 14.9. The highest BCUT2D eigenvalue weighted by molar-refractivity contribution is 7.93. The summed E-state index contributed by atoms with van der Waals surface area (Å²) in [7, 11) is -3.57. The number of carbonyl (C=O) groups is 1. The maximum atomic E-state index is 14.9. The van der Waals surface area contributed by atoms with E-state index in [9.17, 15) is 17.6 Å². The van der Waals surface area contributed by atoms with Gasteiger partial charge in [-0.1, -0.05) is 18.6 Å². The Kier molecular flexibility index (Phi) is 5.00. The van der Waals surface area contributed by atoms with Gasteiger partial charge in [-0.15, -0.1) is 0 Å². The molecule has 0 radical (unpaired) electrons. The van der Waals surface area contributed by atoms with Crippen molar-refractivity contribution >= 4 is 21.5 Å². The largest absolute Gasteiger partial charge is 0.386 e. The van der Waals surface area contributed by atoms with Crippen molar-refractivity contribution in [2.45, 2.75) is 55.6 Å². The fourth-order valence-electron chi connectivity index (χ4n) is 4.70. The minimum atomic E-state index is -3.57. The number of pyridine rings is 1. The van der Waals surface area contributed by atoms with Crippen LogP contribution in [0.4, 0.5) is 4.39 Å². The van der Waals surface area contributed by atoms with Crippen molar-refractivity contribution in [1.82, 2.24) is 4.98 Å². The molecule has 1 fully saturated rings. The Labute approximate surface area is 175 Å². The number of nitrogens with two attached hydrogens (primary N) is 1. The Hall–Kier alpha value is -2.61. The number of sulfone groups is 1. The lowest BCUT2D eigenvalue weighted by Crippen LogP contribution is -2.57. The van der Waals surface area contributed by atoms with E-state index in [0.29, 0.717) is 30.5 Å². The molecule has 30 heavy (non-hydrogen) atoms. The third-order valence-electron chi connectivity index (χ3n) is 6.26. The number of rotatable bonds is 4. The first-order valence-electron chi connectivity index (χ1n) is 9.96. The van der Waals surface area contributed by atoms with Crippen molar-refractivity contribution in [2.24, 2.45) is 10.7 Å². The number of hydrogen-bond donors (Lipinski definition) is 1. The van der Waals surface area contributed by atoms with E-state index in [4.69, 9.17) is 5.73 Å². The van der Waals surface area contributed by atoms with Gasteiger partial charge in [-0.05, 0) is 56.0 Å². The minimum absolute atomic E-state index is 0.0282. The van der Waals surface area contributed by atoms with Gasteiger partial charge in [0.15, 0.2) is 15.6 Å². The molecule has 6 nitrogen and oxygen atoms in total. The third kappa shape index (κ3) is 3.23. The quantitative estimate of drug-likeness (QED) is 0.753. The molecular weight excluding hydrogens is 405 g/mol. The predicted octanol–water partition coefficient (Wildman–Crippen LogP) is 2.88. The van der Waals surface area contributed by atoms with Crippen LogP contribution >= 0.6 is 0 Å². The van der Waals surface area contributed by atoms with Gasteiger partial charge in [0, 0.05) is 18.2 Å². The summed E-state index contributed by atoms with van der Waals surface area (Å²) in [5, 5.41) is -1.63. The van der Waals surface area contributed by atoms with Crippen LogP contribution in [0.1, 0.15) is 53.4 Å². The molecule has 2 bridgehead atoms. The van der Waals surface area contributed by atoms with Gasteiger partial charge in [-0.2, -0.15) is 0 Å². The monoisotopic (exact) mass is 429 g/mol. The molecule has 1 aromatic heterocycles. The van der Waals surface area contributed by atoms with Crippen LogP contribution in [0.3, 0.4) is 0 Å². The lowest BCUT2D eigenvalue weighted by atomic mass is 9.83. The summed E-state index contributed by atoms with van der Waals surface area (Å²) in [5.74, 6) is -0.704. The molecule has 4 rings (SSSR count). The summed E-state index contributed by atoms with van der Waals surface area (Å²) in [6, 6.07) is 7.91. The molecule has 2 aromatic rings. The van der Waals surface area contributed by atoms with Crippen LogP contribution in [0.15, 0.2) is 41.5 Å². The first-order chi connectivity index (χ1) is 14.1. The fraction of sp³-hybridized carbons (Fsp3) is 0.409. The standard InChI is InChI=1S/C22H24FN3O3S/c1-13-5-4-10-25-20(13)17(27)12-14-8-9-16(23)15(11-14)22(2)19-7-3-6-18(21(24)26-22)30(19,28)29/h4-5,8-11,18-19H,3,6-7,12H2,1-2H3,(H2,24,26)/t18-,19+,22+/m0/s1. The summed E-state index contributed by atoms with van der Waals surface area (Å²) in [6.45, 7) is 3.43. The Morgan fingerprint density at radius 1 is 1.30 bits per heavy atom. The normalized spacial score (nSPS) is 27.4. The van der Waals surface area contributed by atoms with E-state index in [2.05, 4.69) is 9.98 Å². The highest BCUT2D eigenvalue weighted by atomic mass is 32.2. The van der Waals surface area contributed by atoms with E-state index in [1.165, 1.54) is 12.1 Å². The second-order valence-corrected chi connectivity index (χ2v) is 10.6. The first-order valence-corrected chi connectivity index (χ1v) is 11.6. The van der Waals surface area contributed by atoms with Crippen LogP contribution < -0.4 is 5.73 Å². The molecular formula is C22H24FN3O3S. The third-order valence-corrected chi connectivity index (χ3v) is 9.02. The van der Waals surface area contributed by atoms with Crippen LogP contribution in [-0.4, -0.2) is 35.5 Å². The Morgan fingerprint density at radius 2 is 2.07 bits per heavy atom. The van der Waals surface area contributed by atoms with Crippen LogP contribution in [0.25, 0.3) is 0 Å². The number of ketones is 1. The number of fused-ring (bicyclic) bond motifs is 2. The highest BCUT2D eigenvalue weighted by Crippen LogP contribution is 2.45. The van der Waals surface area contributed by atoms with Crippen molar-refractivity contribution in [3.63, 3.8) is 0 Å². The number of amidine groups is 1. The lowest BCUT2D eigenvalue weighted by Gasteiger charge is -2.44. The number of aliphatic imine (C=N–C) groups is 1. The number of aryl methyl sites for hydroxylation is 1. The van der Waals surface area contributed by atoms with Gasteiger partial charge in [0.25, 0.3) is 0 Å². The van der Waals surface area contributed by atoms with E-state index in [1.807, 2.05) is 0 Å². The number of nitrogens with zero attached hydrogens (tertiary/aromatic N) is 2. The second-order valence-electron chi connectivity index (χ2n) is 8.26. The second kappa shape index (κ2) is 7.27.